The lowest BCUT2D eigenvalue weighted by Crippen LogP contribution is -2.17. The lowest BCUT2D eigenvalue weighted by molar-refractivity contribution is -0.137. The van der Waals surface area contributed by atoms with Crippen LogP contribution in [0.5, 0.6) is 0 Å². The molecule has 1 aromatic carbocycles. The minimum atomic E-state index is -4.44. The smallest absolute Gasteiger partial charge is 0.282 e. The molecule has 0 radical (unpaired) electrons. The molecular formula is C11H6F3NO2S. The van der Waals surface area contributed by atoms with Gasteiger partial charge in [0.2, 0.25) is 0 Å². The van der Waals surface area contributed by atoms with Gasteiger partial charge in [-0.2, -0.15) is 13.2 Å². The van der Waals surface area contributed by atoms with Crippen LogP contribution < -0.4 is 5.32 Å². The number of carbonyl (C=O) groups excluding carboxylic acids is 2. The number of hydrogen-bond donors (Lipinski definition) is 1. The van der Waals surface area contributed by atoms with Gasteiger partial charge in [0, 0.05) is 0 Å². The highest BCUT2D eigenvalue weighted by Gasteiger charge is 2.30. The standard InChI is InChI=1S/C11H6F3NO2S/c12-11(13,14)7-3-1-2-6(4-7)5-8-9(16)15-10(17)18-8/h1-5H,(H,15,16,17)/b8-5-. The number of hydrogen-bond acceptors (Lipinski definition) is 3. The third kappa shape index (κ3) is 2.73. The van der Waals surface area contributed by atoms with Gasteiger partial charge in [0.15, 0.2) is 0 Å². The van der Waals surface area contributed by atoms with Gasteiger partial charge >= 0.3 is 6.18 Å². The van der Waals surface area contributed by atoms with Crippen molar-refractivity contribution in [2.75, 3.05) is 0 Å². The quantitative estimate of drug-likeness (QED) is 0.800. The third-order valence-corrected chi connectivity index (χ3v) is 2.96. The molecule has 94 valence electrons. The Morgan fingerprint density at radius 3 is 2.50 bits per heavy atom. The Bertz CT molecular complexity index is 551. The van der Waals surface area contributed by atoms with Crippen molar-refractivity contribution in [3.05, 3.63) is 40.3 Å². The van der Waals surface area contributed by atoms with Crippen molar-refractivity contribution in [1.82, 2.24) is 5.32 Å². The average Bonchev–Trinajstić information content (AvgIpc) is 2.56. The van der Waals surface area contributed by atoms with Crippen LogP contribution in [0.3, 0.4) is 0 Å². The largest absolute Gasteiger partial charge is 0.416 e. The van der Waals surface area contributed by atoms with Crippen molar-refractivity contribution in [1.29, 1.82) is 0 Å². The minimum Gasteiger partial charge on any atom is -0.282 e. The molecule has 0 saturated carbocycles. The number of rotatable bonds is 1. The Balaban J connectivity index is 2.33. The minimum absolute atomic E-state index is 0.0827. The summed E-state index contributed by atoms with van der Waals surface area (Å²) in [6.07, 6.45) is -3.18. The summed E-state index contributed by atoms with van der Waals surface area (Å²) in [5, 5.41) is 1.50. The number of thioether (sulfide) groups is 1. The fraction of sp³-hybridized carbons (Fsp3) is 0.0909. The predicted octanol–water partition coefficient (Wildman–Crippen LogP) is 3.03. The molecular weight excluding hydrogens is 267 g/mol. The van der Waals surface area contributed by atoms with Crippen LogP contribution in [-0.2, 0) is 11.0 Å². The summed E-state index contributed by atoms with van der Waals surface area (Å²) in [5.41, 5.74) is -0.580. The maximum Gasteiger partial charge on any atom is 0.416 e. The van der Waals surface area contributed by atoms with Gasteiger partial charge in [-0.1, -0.05) is 12.1 Å². The molecule has 1 aliphatic rings. The molecule has 7 heteroatoms. The summed E-state index contributed by atoms with van der Waals surface area (Å²) in [4.78, 5) is 22.2. The predicted molar refractivity (Wildman–Crippen MR) is 60.6 cm³/mol. The van der Waals surface area contributed by atoms with Crippen LogP contribution >= 0.6 is 11.8 Å². The first-order valence-electron chi connectivity index (χ1n) is 4.78. The number of halogens is 3. The lowest BCUT2D eigenvalue weighted by Gasteiger charge is -2.06. The fourth-order valence-electron chi connectivity index (χ4n) is 1.38. The summed E-state index contributed by atoms with van der Waals surface area (Å²) in [7, 11) is 0. The Hall–Kier alpha value is -1.76. The summed E-state index contributed by atoms with van der Waals surface area (Å²) in [6, 6.07) is 4.53. The average molecular weight is 273 g/mol. The zero-order valence-corrected chi connectivity index (χ0v) is 9.56. The number of benzene rings is 1. The molecule has 0 unspecified atom stereocenters. The topological polar surface area (TPSA) is 46.2 Å². The highest BCUT2D eigenvalue weighted by molar-refractivity contribution is 8.18. The second-order valence-electron chi connectivity index (χ2n) is 3.48. The molecule has 18 heavy (non-hydrogen) atoms. The molecule has 0 aliphatic carbocycles. The van der Waals surface area contributed by atoms with E-state index in [4.69, 9.17) is 0 Å². The van der Waals surface area contributed by atoms with Gasteiger partial charge in [-0.05, 0) is 35.5 Å². The van der Waals surface area contributed by atoms with E-state index in [9.17, 15) is 22.8 Å². The molecule has 2 amide bonds. The van der Waals surface area contributed by atoms with Crippen LogP contribution in [-0.4, -0.2) is 11.1 Å². The zero-order chi connectivity index (χ0) is 13.3. The van der Waals surface area contributed by atoms with Crippen LogP contribution in [0.4, 0.5) is 18.0 Å². The van der Waals surface area contributed by atoms with Crippen molar-refractivity contribution < 1.29 is 22.8 Å². The maximum atomic E-state index is 12.5. The summed E-state index contributed by atoms with van der Waals surface area (Å²) in [5.74, 6) is -0.595. The molecule has 1 N–H and O–H groups in total. The van der Waals surface area contributed by atoms with E-state index in [2.05, 4.69) is 0 Å². The monoisotopic (exact) mass is 273 g/mol. The lowest BCUT2D eigenvalue weighted by atomic mass is 10.1. The van der Waals surface area contributed by atoms with Gasteiger partial charge in [-0.15, -0.1) is 0 Å². The second-order valence-corrected chi connectivity index (χ2v) is 4.49. The van der Waals surface area contributed by atoms with Gasteiger partial charge in [-0.3, -0.25) is 14.9 Å². The molecule has 1 aromatic rings. The van der Waals surface area contributed by atoms with Gasteiger partial charge < -0.3 is 0 Å². The van der Waals surface area contributed by atoms with E-state index in [1.807, 2.05) is 5.32 Å². The number of amides is 2. The van der Waals surface area contributed by atoms with Gasteiger partial charge in [0.1, 0.15) is 0 Å². The molecule has 1 fully saturated rings. The van der Waals surface area contributed by atoms with Crippen molar-refractivity contribution in [2.24, 2.45) is 0 Å². The van der Waals surface area contributed by atoms with Crippen molar-refractivity contribution in [3.63, 3.8) is 0 Å². The molecule has 0 spiro atoms. The number of alkyl halides is 3. The van der Waals surface area contributed by atoms with E-state index in [0.29, 0.717) is 11.8 Å². The van der Waals surface area contributed by atoms with Crippen LogP contribution in [0.2, 0.25) is 0 Å². The van der Waals surface area contributed by atoms with Crippen LogP contribution in [0, 0.1) is 0 Å². The number of imide groups is 1. The molecule has 1 heterocycles. The van der Waals surface area contributed by atoms with Crippen molar-refractivity contribution >= 4 is 29.0 Å². The van der Waals surface area contributed by atoms with E-state index in [1.54, 1.807) is 0 Å². The SMILES string of the molecule is O=C1NC(=O)/C(=C/c2cccc(C(F)(F)F)c2)S1. The summed E-state index contributed by atoms with van der Waals surface area (Å²) >= 11 is 0.662. The first kappa shape index (κ1) is 12.7. The fourth-order valence-corrected chi connectivity index (χ4v) is 2.06. The first-order chi connectivity index (χ1) is 8.36. The molecule has 3 nitrogen and oxygen atoms in total. The Kier molecular flexibility index (Phi) is 3.16. The third-order valence-electron chi connectivity index (χ3n) is 2.15. The number of nitrogens with one attached hydrogen (secondary N) is 1. The molecule has 1 aliphatic heterocycles. The van der Waals surface area contributed by atoms with Gasteiger partial charge in [-0.25, -0.2) is 0 Å². The van der Waals surface area contributed by atoms with Crippen LogP contribution in [0.15, 0.2) is 29.2 Å². The highest BCUT2D eigenvalue weighted by atomic mass is 32.2. The Morgan fingerprint density at radius 2 is 1.94 bits per heavy atom. The van der Waals surface area contributed by atoms with E-state index >= 15 is 0 Å². The van der Waals surface area contributed by atoms with E-state index in [1.165, 1.54) is 18.2 Å². The van der Waals surface area contributed by atoms with Crippen LogP contribution in [0.25, 0.3) is 6.08 Å². The Morgan fingerprint density at radius 1 is 1.22 bits per heavy atom. The van der Waals surface area contributed by atoms with Gasteiger partial charge in [0.05, 0.1) is 10.5 Å². The molecule has 2 rings (SSSR count). The van der Waals surface area contributed by atoms with Crippen molar-refractivity contribution in [3.8, 4) is 0 Å². The second kappa shape index (κ2) is 4.49. The van der Waals surface area contributed by atoms with Crippen LogP contribution in [0.1, 0.15) is 11.1 Å². The first-order valence-corrected chi connectivity index (χ1v) is 5.60. The summed E-state index contributed by atoms with van der Waals surface area (Å²) < 4.78 is 37.4. The molecule has 0 bridgehead atoms. The number of carbonyl (C=O) groups is 2. The molecule has 0 aromatic heterocycles. The maximum absolute atomic E-state index is 12.5. The highest BCUT2D eigenvalue weighted by Crippen LogP contribution is 2.31. The Labute approximate surface area is 104 Å². The molecule has 1 saturated heterocycles. The van der Waals surface area contributed by atoms with E-state index < -0.39 is 22.9 Å². The van der Waals surface area contributed by atoms with Gasteiger partial charge in [0.25, 0.3) is 11.1 Å². The summed E-state index contributed by atoms with van der Waals surface area (Å²) in [6.45, 7) is 0. The normalized spacial score (nSPS) is 18.3. The van der Waals surface area contributed by atoms with E-state index in [-0.39, 0.29) is 10.5 Å². The zero-order valence-electron chi connectivity index (χ0n) is 8.75. The van der Waals surface area contributed by atoms with Crippen molar-refractivity contribution in [2.45, 2.75) is 6.18 Å². The molecule has 0 atom stereocenters. The van der Waals surface area contributed by atoms with E-state index in [0.717, 1.165) is 12.1 Å².